The summed E-state index contributed by atoms with van der Waals surface area (Å²) in [6.45, 7) is 0. The number of aryl methyl sites for hydroxylation is 2. The van der Waals surface area contributed by atoms with Crippen LogP contribution in [0.25, 0.3) is 11.1 Å². The van der Waals surface area contributed by atoms with E-state index in [2.05, 4.69) is 18.2 Å². The van der Waals surface area contributed by atoms with Crippen molar-refractivity contribution in [3.63, 3.8) is 0 Å². The summed E-state index contributed by atoms with van der Waals surface area (Å²) in [5.41, 5.74) is 4.96. The number of rotatable bonds is 1. The average Bonchev–Trinajstić information content (AvgIpc) is 2.38. The third kappa shape index (κ3) is 1.57. The monoisotopic (exact) mass is 226 g/mol. The van der Waals surface area contributed by atoms with Gasteiger partial charge in [-0.1, -0.05) is 24.3 Å². The second-order valence-corrected chi connectivity index (χ2v) is 4.34. The molecule has 0 heterocycles. The molecule has 0 saturated heterocycles. The van der Waals surface area contributed by atoms with E-state index in [4.69, 9.17) is 4.74 Å². The van der Waals surface area contributed by atoms with E-state index in [0.29, 0.717) is 5.75 Å². The van der Waals surface area contributed by atoms with Gasteiger partial charge in [-0.25, -0.2) is 0 Å². The van der Waals surface area contributed by atoms with Crippen LogP contribution in [0.4, 0.5) is 0 Å². The highest BCUT2D eigenvalue weighted by molar-refractivity contribution is 5.75. The molecule has 0 fully saturated rings. The molecular formula is C15H14O2. The van der Waals surface area contributed by atoms with E-state index < -0.39 is 0 Å². The Bertz CT molecular complexity index is 573. The van der Waals surface area contributed by atoms with Gasteiger partial charge in [0.1, 0.15) is 0 Å². The first-order chi connectivity index (χ1) is 8.29. The fourth-order valence-corrected chi connectivity index (χ4v) is 2.50. The van der Waals surface area contributed by atoms with E-state index in [1.54, 1.807) is 7.11 Å². The summed E-state index contributed by atoms with van der Waals surface area (Å²) in [4.78, 5) is 0. The molecule has 2 aromatic carbocycles. The van der Waals surface area contributed by atoms with Crippen LogP contribution in [0.3, 0.4) is 0 Å². The molecule has 17 heavy (non-hydrogen) atoms. The van der Waals surface area contributed by atoms with E-state index >= 15 is 0 Å². The van der Waals surface area contributed by atoms with E-state index in [9.17, 15) is 5.11 Å². The normalized spacial score (nSPS) is 12.8. The maximum atomic E-state index is 9.87. The average molecular weight is 226 g/mol. The first kappa shape index (κ1) is 10.2. The Balaban J connectivity index is 2.23. The molecule has 1 aliphatic rings. The summed E-state index contributed by atoms with van der Waals surface area (Å²) in [5.74, 6) is 0.770. The Morgan fingerprint density at radius 2 is 1.76 bits per heavy atom. The van der Waals surface area contributed by atoms with Crippen LogP contribution in [0.1, 0.15) is 11.1 Å². The minimum atomic E-state index is 0.211. The molecule has 3 rings (SSSR count). The molecule has 2 nitrogen and oxygen atoms in total. The Morgan fingerprint density at radius 1 is 1.00 bits per heavy atom. The Labute approximate surface area is 100 Å². The zero-order valence-electron chi connectivity index (χ0n) is 9.73. The minimum Gasteiger partial charge on any atom is -0.504 e. The number of aromatic hydroxyl groups is 1. The van der Waals surface area contributed by atoms with Crippen LogP contribution in [0.2, 0.25) is 0 Å². The van der Waals surface area contributed by atoms with Crippen molar-refractivity contribution in [2.45, 2.75) is 12.8 Å². The molecule has 0 unspecified atom stereocenters. The van der Waals surface area contributed by atoms with E-state index in [-0.39, 0.29) is 5.75 Å². The number of methoxy groups -OCH3 is 1. The first-order valence-corrected chi connectivity index (χ1v) is 5.78. The van der Waals surface area contributed by atoms with E-state index in [1.165, 1.54) is 16.7 Å². The SMILES string of the molecule is COc1cc2c(cc1O)-c1ccccc1CC2. The fraction of sp³-hybridized carbons (Fsp3) is 0.200. The van der Waals surface area contributed by atoms with Crippen molar-refractivity contribution >= 4 is 0 Å². The van der Waals surface area contributed by atoms with Crippen LogP contribution < -0.4 is 4.74 Å². The van der Waals surface area contributed by atoms with Crippen molar-refractivity contribution in [3.8, 4) is 22.6 Å². The third-order valence-electron chi connectivity index (χ3n) is 3.38. The summed E-state index contributed by atoms with van der Waals surface area (Å²) in [5, 5.41) is 9.87. The van der Waals surface area contributed by atoms with Crippen molar-refractivity contribution in [2.24, 2.45) is 0 Å². The van der Waals surface area contributed by atoms with Gasteiger partial charge in [-0.3, -0.25) is 0 Å². The zero-order chi connectivity index (χ0) is 11.8. The molecule has 86 valence electrons. The van der Waals surface area contributed by atoms with Crippen molar-refractivity contribution in [2.75, 3.05) is 7.11 Å². The summed E-state index contributed by atoms with van der Waals surface area (Å²) in [7, 11) is 1.58. The van der Waals surface area contributed by atoms with Gasteiger partial charge in [-0.2, -0.15) is 0 Å². The molecule has 2 heteroatoms. The van der Waals surface area contributed by atoms with Gasteiger partial charge >= 0.3 is 0 Å². The lowest BCUT2D eigenvalue weighted by Gasteiger charge is -2.20. The van der Waals surface area contributed by atoms with Gasteiger partial charge < -0.3 is 9.84 Å². The lowest BCUT2D eigenvalue weighted by molar-refractivity contribution is 0.373. The number of phenols is 1. The maximum absolute atomic E-state index is 9.87. The van der Waals surface area contributed by atoms with Gasteiger partial charge in [0.05, 0.1) is 7.11 Å². The molecule has 0 bridgehead atoms. The Kier molecular flexibility index (Phi) is 2.29. The van der Waals surface area contributed by atoms with Gasteiger partial charge in [0.2, 0.25) is 0 Å². The van der Waals surface area contributed by atoms with Crippen LogP contribution in [0.5, 0.6) is 11.5 Å². The number of phenolic OH excluding ortho intramolecular Hbond substituents is 1. The summed E-state index contributed by atoms with van der Waals surface area (Å²) in [6.07, 6.45) is 2.06. The highest BCUT2D eigenvalue weighted by atomic mass is 16.5. The van der Waals surface area contributed by atoms with Gasteiger partial charge in [0, 0.05) is 0 Å². The van der Waals surface area contributed by atoms with Crippen LogP contribution in [0.15, 0.2) is 36.4 Å². The smallest absolute Gasteiger partial charge is 0.160 e. The molecule has 0 aliphatic heterocycles. The lowest BCUT2D eigenvalue weighted by Crippen LogP contribution is -2.04. The van der Waals surface area contributed by atoms with Crippen molar-refractivity contribution in [1.29, 1.82) is 0 Å². The van der Waals surface area contributed by atoms with Crippen LogP contribution in [-0.4, -0.2) is 12.2 Å². The number of benzene rings is 2. The molecule has 0 spiro atoms. The number of hydrogen-bond acceptors (Lipinski definition) is 2. The molecule has 1 N–H and O–H groups in total. The van der Waals surface area contributed by atoms with Crippen molar-refractivity contribution in [3.05, 3.63) is 47.5 Å². The molecule has 0 saturated carbocycles. The standard InChI is InChI=1S/C15H14O2/c1-17-15-8-11-7-6-10-4-2-3-5-12(10)13(11)9-14(15)16/h2-5,8-9,16H,6-7H2,1H3. The van der Waals surface area contributed by atoms with Gasteiger partial charge in [0.15, 0.2) is 11.5 Å². The quantitative estimate of drug-likeness (QED) is 0.809. The molecule has 0 aromatic heterocycles. The summed E-state index contributed by atoms with van der Waals surface area (Å²) < 4.78 is 5.15. The third-order valence-corrected chi connectivity index (χ3v) is 3.38. The van der Waals surface area contributed by atoms with Crippen molar-refractivity contribution < 1.29 is 9.84 Å². The lowest BCUT2D eigenvalue weighted by atomic mass is 9.85. The maximum Gasteiger partial charge on any atom is 0.160 e. The predicted molar refractivity (Wildman–Crippen MR) is 67.5 cm³/mol. The van der Waals surface area contributed by atoms with Crippen LogP contribution in [-0.2, 0) is 12.8 Å². The predicted octanol–water partition coefficient (Wildman–Crippen LogP) is 3.17. The van der Waals surface area contributed by atoms with E-state index in [1.807, 2.05) is 18.2 Å². The molecule has 2 aromatic rings. The topological polar surface area (TPSA) is 29.5 Å². The minimum absolute atomic E-state index is 0.211. The van der Waals surface area contributed by atoms with Crippen molar-refractivity contribution in [1.82, 2.24) is 0 Å². The molecule has 0 atom stereocenters. The summed E-state index contributed by atoms with van der Waals surface area (Å²) >= 11 is 0. The second kappa shape index (κ2) is 3.81. The first-order valence-electron chi connectivity index (χ1n) is 5.78. The number of fused-ring (bicyclic) bond motifs is 3. The van der Waals surface area contributed by atoms with Crippen LogP contribution >= 0.6 is 0 Å². The fourth-order valence-electron chi connectivity index (χ4n) is 2.50. The van der Waals surface area contributed by atoms with Gasteiger partial charge in [-0.15, -0.1) is 0 Å². The van der Waals surface area contributed by atoms with Gasteiger partial charge in [0.25, 0.3) is 0 Å². The highest BCUT2D eigenvalue weighted by Crippen LogP contribution is 2.39. The molecular weight excluding hydrogens is 212 g/mol. The largest absolute Gasteiger partial charge is 0.504 e. The Hall–Kier alpha value is -1.96. The number of hydrogen-bond donors (Lipinski definition) is 1. The highest BCUT2D eigenvalue weighted by Gasteiger charge is 2.18. The van der Waals surface area contributed by atoms with Gasteiger partial charge in [-0.05, 0) is 47.2 Å². The van der Waals surface area contributed by atoms with E-state index in [0.717, 1.165) is 18.4 Å². The molecule has 1 aliphatic carbocycles. The summed E-state index contributed by atoms with van der Waals surface area (Å²) in [6, 6.07) is 12.1. The number of ether oxygens (including phenoxy) is 1. The zero-order valence-corrected chi connectivity index (χ0v) is 9.73. The molecule has 0 radical (unpaired) electrons. The van der Waals surface area contributed by atoms with Crippen LogP contribution in [0, 0.1) is 0 Å². The second-order valence-electron chi connectivity index (χ2n) is 4.34. The molecule has 0 amide bonds. The Morgan fingerprint density at radius 3 is 2.59 bits per heavy atom.